The van der Waals surface area contributed by atoms with Gasteiger partial charge >= 0.3 is 5.91 Å². The molecule has 0 saturated heterocycles. The Morgan fingerprint density at radius 3 is 1.42 bits per heavy atom. The maximum absolute atomic E-state index is 11.7. The number of unbranched alkanes of at least 4 members (excludes halogenated alkanes) is 13. The average Bonchev–Trinajstić information content (AvgIpc) is 2.54. The SMILES string of the molecule is C=CC(=O)[N+](C)(C)CCCCCCCCCCCCCCCC.[Br-]. The van der Waals surface area contributed by atoms with Gasteiger partial charge in [0.2, 0.25) is 0 Å². The maximum atomic E-state index is 11.7. The average molecular weight is 404 g/mol. The van der Waals surface area contributed by atoms with Crippen LogP contribution in [-0.4, -0.2) is 31.0 Å². The molecule has 24 heavy (non-hydrogen) atoms. The summed E-state index contributed by atoms with van der Waals surface area (Å²) in [6.07, 6.45) is 20.7. The number of amides is 1. The van der Waals surface area contributed by atoms with E-state index < -0.39 is 0 Å². The largest absolute Gasteiger partial charge is 1.00 e. The fourth-order valence-corrected chi connectivity index (χ4v) is 3.06. The van der Waals surface area contributed by atoms with Crippen molar-refractivity contribution < 1.29 is 26.3 Å². The van der Waals surface area contributed by atoms with Crippen molar-refractivity contribution in [3.8, 4) is 0 Å². The maximum Gasteiger partial charge on any atom is 0.337 e. The van der Waals surface area contributed by atoms with E-state index in [1.807, 2.05) is 14.1 Å². The summed E-state index contributed by atoms with van der Waals surface area (Å²) in [7, 11) is 3.96. The fourth-order valence-electron chi connectivity index (χ4n) is 3.06. The summed E-state index contributed by atoms with van der Waals surface area (Å²) in [5, 5.41) is 0. The number of carbonyl (C=O) groups excluding carboxylic acids is 1. The molecule has 0 rings (SSSR count). The molecule has 0 N–H and O–H groups in total. The van der Waals surface area contributed by atoms with E-state index in [1.54, 1.807) is 0 Å². The number of nitrogens with zero attached hydrogens (tertiary/aromatic N) is 1. The van der Waals surface area contributed by atoms with Crippen LogP contribution in [0.15, 0.2) is 12.7 Å². The molecule has 3 heteroatoms. The summed E-state index contributed by atoms with van der Waals surface area (Å²) in [5.74, 6) is 0.125. The Labute approximate surface area is 162 Å². The van der Waals surface area contributed by atoms with Crippen LogP contribution < -0.4 is 17.0 Å². The molecule has 0 aliphatic heterocycles. The van der Waals surface area contributed by atoms with Crippen LogP contribution in [0.25, 0.3) is 0 Å². The standard InChI is InChI=1S/C21H42NO.BrH/c1-5-7-8-9-10-11-12-13-14-15-16-17-18-19-20-22(3,4)21(23)6-2;/h6H,2,5,7-20H2,1,3-4H3;1H/q+1;/p-1. The molecule has 1 amide bonds. The second kappa shape index (κ2) is 17.7. The predicted octanol–water partition coefficient (Wildman–Crippen LogP) is 3.26. The van der Waals surface area contributed by atoms with E-state index in [-0.39, 0.29) is 22.9 Å². The second-order valence-electron chi connectivity index (χ2n) is 7.55. The van der Waals surface area contributed by atoms with Crippen LogP contribution in [0.2, 0.25) is 0 Å². The van der Waals surface area contributed by atoms with E-state index in [1.165, 1.54) is 89.5 Å². The quantitative estimate of drug-likeness (QED) is 0.219. The first-order valence-corrected chi connectivity index (χ1v) is 10.0. The number of halogens is 1. The van der Waals surface area contributed by atoms with Crippen LogP contribution in [0.4, 0.5) is 0 Å². The molecule has 0 unspecified atom stereocenters. The fraction of sp³-hybridized carbons (Fsp3) is 0.857. The zero-order valence-electron chi connectivity index (χ0n) is 16.6. The highest BCUT2D eigenvalue weighted by molar-refractivity contribution is 5.80. The van der Waals surface area contributed by atoms with Crippen molar-refractivity contribution in [3.63, 3.8) is 0 Å². The number of quaternary nitrogens is 1. The van der Waals surface area contributed by atoms with Crippen molar-refractivity contribution in [2.24, 2.45) is 0 Å². The first-order chi connectivity index (χ1) is 11.0. The van der Waals surface area contributed by atoms with Crippen LogP contribution in [0.1, 0.15) is 96.8 Å². The molecule has 0 bridgehead atoms. The Balaban J connectivity index is 0. The normalized spacial score (nSPS) is 11.1. The van der Waals surface area contributed by atoms with Gasteiger partial charge in [-0.3, -0.25) is 4.48 Å². The van der Waals surface area contributed by atoms with Crippen LogP contribution in [0, 0.1) is 0 Å². The zero-order chi connectivity index (χ0) is 17.4. The minimum Gasteiger partial charge on any atom is -1.00 e. The summed E-state index contributed by atoms with van der Waals surface area (Å²) >= 11 is 0. The van der Waals surface area contributed by atoms with Gasteiger partial charge in [-0.1, -0.05) is 90.6 Å². The monoisotopic (exact) mass is 403 g/mol. The molecule has 2 nitrogen and oxygen atoms in total. The molecule has 0 atom stereocenters. The topological polar surface area (TPSA) is 17.1 Å². The van der Waals surface area contributed by atoms with Crippen LogP contribution in [0.5, 0.6) is 0 Å². The number of hydrogen-bond acceptors (Lipinski definition) is 1. The molecule has 0 aromatic rings. The van der Waals surface area contributed by atoms with Crippen LogP contribution in [-0.2, 0) is 4.79 Å². The highest BCUT2D eigenvalue weighted by Crippen LogP contribution is 2.13. The Morgan fingerprint density at radius 2 is 1.08 bits per heavy atom. The Kier molecular flexibility index (Phi) is 19.2. The van der Waals surface area contributed by atoms with Crippen molar-refractivity contribution in [3.05, 3.63) is 12.7 Å². The Morgan fingerprint density at radius 1 is 0.750 bits per heavy atom. The van der Waals surface area contributed by atoms with Crippen molar-refractivity contribution in [2.45, 2.75) is 96.8 Å². The van der Waals surface area contributed by atoms with Crippen molar-refractivity contribution in [1.29, 1.82) is 0 Å². The van der Waals surface area contributed by atoms with E-state index in [0.29, 0.717) is 4.48 Å². The van der Waals surface area contributed by atoms with E-state index in [0.717, 1.165) is 13.0 Å². The summed E-state index contributed by atoms with van der Waals surface area (Å²) in [6, 6.07) is 0. The summed E-state index contributed by atoms with van der Waals surface area (Å²) in [6.45, 7) is 6.79. The highest BCUT2D eigenvalue weighted by Gasteiger charge is 2.21. The molecule has 0 saturated carbocycles. The molecule has 0 aromatic heterocycles. The molecule has 0 aliphatic carbocycles. The second-order valence-corrected chi connectivity index (χ2v) is 7.55. The van der Waals surface area contributed by atoms with Gasteiger partial charge in [0.25, 0.3) is 0 Å². The Bertz CT molecular complexity index is 302. The number of likely N-dealkylation sites (N-methyl/N-ethyl adjacent to an activating group) is 1. The molecular formula is C21H42BrNO. The summed E-state index contributed by atoms with van der Waals surface area (Å²) < 4.78 is 0.446. The molecule has 144 valence electrons. The Hall–Kier alpha value is -0.150. The summed E-state index contributed by atoms with van der Waals surface area (Å²) in [5.41, 5.74) is 0. The van der Waals surface area contributed by atoms with Gasteiger partial charge in [-0.05, 0) is 12.8 Å². The van der Waals surface area contributed by atoms with Crippen molar-refractivity contribution >= 4 is 5.91 Å². The van der Waals surface area contributed by atoms with Crippen molar-refractivity contribution in [2.75, 3.05) is 20.6 Å². The van der Waals surface area contributed by atoms with Gasteiger partial charge in [0, 0.05) is 6.08 Å². The van der Waals surface area contributed by atoms with E-state index in [2.05, 4.69) is 13.5 Å². The molecule has 0 aliphatic rings. The molecule has 0 aromatic carbocycles. The molecule has 0 radical (unpaired) electrons. The minimum atomic E-state index is 0. The third-order valence-electron chi connectivity index (χ3n) is 4.84. The lowest BCUT2D eigenvalue weighted by Gasteiger charge is -2.25. The lowest BCUT2D eigenvalue weighted by molar-refractivity contribution is -0.811. The lowest BCUT2D eigenvalue weighted by Crippen LogP contribution is -3.00. The predicted molar refractivity (Wildman–Crippen MR) is 102 cm³/mol. The smallest absolute Gasteiger partial charge is 0.337 e. The summed E-state index contributed by atoms with van der Waals surface area (Å²) in [4.78, 5) is 11.7. The van der Waals surface area contributed by atoms with E-state index in [9.17, 15) is 4.79 Å². The zero-order valence-corrected chi connectivity index (χ0v) is 18.2. The molecular weight excluding hydrogens is 362 g/mol. The number of carbonyl (C=O) groups is 1. The van der Waals surface area contributed by atoms with Gasteiger partial charge < -0.3 is 17.0 Å². The third-order valence-corrected chi connectivity index (χ3v) is 4.84. The molecule has 0 spiro atoms. The van der Waals surface area contributed by atoms with Gasteiger partial charge in [0.1, 0.15) is 0 Å². The molecule has 0 heterocycles. The van der Waals surface area contributed by atoms with Gasteiger partial charge in [-0.15, -0.1) is 0 Å². The van der Waals surface area contributed by atoms with Crippen molar-refractivity contribution in [1.82, 2.24) is 0 Å². The number of hydrogen-bond donors (Lipinski definition) is 0. The van der Waals surface area contributed by atoms with Crippen LogP contribution in [0.3, 0.4) is 0 Å². The first-order valence-electron chi connectivity index (χ1n) is 10.0. The van der Waals surface area contributed by atoms with Gasteiger partial charge in [-0.2, -0.15) is 0 Å². The van der Waals surface area contributed by atoms with Gasteiger partial charge in [-0.25, -0.2) is 4.79 Å². The first kappa shape index (κ1) is 26.1. The third kappa shape index (κ3) is 15.4. The van der Waals surface area contributed by atoms with Gasteiger partial charge in [0.15, 0.2) is 0 Å². The van der Waals surface area contributed by atoms with E-state index in [4.69, 9.17) is 0 Å². The molecule has 0 fully saturated rings. The van der Waals surface area contributed by atoms with Crippen LogP contribution >= 0.6 is 0 Å². The van der Waals surface area contributed by atoms with Gasteiger partial charge in [0.05, 0.1) is 20.6 Å². The highest BCUT2D eigenvalue weighted by atomic mass is 79.9. The van der Waals surface area contributed by atoms with E-state index >= 15 is 0 Å². The lowest BCUT2D eigenvalue weighted by atomic mass is 10.0. The minimum absolute atomic E-state index is 0. The number of rotatable bonds is 16.